The van der Waals surface area contributed by atoms with Crippen LogP contribution in [0.15, 0.2) is 67.0 Å². The summed E-state index contributed by atoms with van der Waals surface area (Å²) in [6, 6.07) is 19.6. The van der Waals surface area contributed by atoms with Crippen LogP contribution in [-0.2, 0) is 0 Å². The molecule has 0 saturated carbocycles. The lowest BCUT2D eigenvalue weighted by Crippen LogP contribution is -2.20. The Balaban J connectivity index is 1.71. The second-order valence-corrected chi connectivity index (χ2v) is 5.42. The van der Waals surface area contributed by atoms with Gasteiger partial charge in [0.2, 0.25) is 0 Å². The van der Waals surface area contributed by atoms with Gasteiger partial charge < -0.3 is 15.8 Å². The van der Waals surface area contributed by atoms with Gasteiger partial charge >= 0.3 is 0 Å². The van der Waals surface area contributed by atoms with Crippen LogP contribution < -0.4 is 15.8 Å². The maximum Gasteiger partial charge on any atom is 0.130 e. The van der Waals surface area contributed by atoms with E-state index in [0.29, 0.717) is 6.54 Å². The summed E-state index contributed by atoms with van der Waals surface area (Å²) in [6.07, 6.45) is 1.55. The van der Waals surface area contributed by atoms with Gasteiger partial charge in [0.25, 0.3) is 0 Å². The molecule has 0 saturated heterocycles. The van der Waals surface area contributed by atoms with E-state index in [0.717, 1.165) is 28.4 Å². The summed E-state index contributed by atoms with van der Waals surface area (Å²) in [5, 5.41) is 3.27. The highest BCUT2D eigenvalue weighted by atomic mass is 16.5. The number of aromatic nitrogens is 2. The first kappa shape index (κ1) is 16.0. The first-order chi connectivity index (χ1) is 11.8. The van der Waals surface area contributed by atoms with Crippen molar-refractivity contribution < 1.29 is 4.74 Å². The summed E-state index contributed by atoms with van der Waals surface area (Å²) in [5.74, 6) is 1.54. The van der Waals surface area contributed by atoms with E-state index in [2.05, 4.69) is 15.3 Å². The van der Waals surface area contributed by atoms with Gasteiger partial charge in [-0.1, -0.05) is 42.5 Å². The number of anilines is 1. The lowest BCUT2D eigenvalue weighted by Gasteiger charge is -2.14. The zero-order valence-corrected chi connectivity index (χ0v) is 13.5. The third-order valence-electron chi connectivity index (χ3n) is 3.76. The van der Waals surface area contributed by atoms with Gasteiger partial charge in [-0.25, -0.2) is 9.97 Å². The Morgan fingerprint density at radius 1 is 1.04 bits per heavy atom. The van der Waals surface area contributed by atoms with Crippen LogP contribution in [-0.4, -0.2) is 23.6 Å². The molecule has 0 unspecified atom stereocenters. The van der Waals surface area contributed by atoms with E-state index in [-0.39, 0.29) is 6.04 Å². The Bertz CT molecular complexity index is 792. The van der Waals surface area contributed by atoms with Crippen molar-refractivity contribution >= 4 is 5.82 Å². The molecule has 5 heteroatoms. The number of hydrogen-bond acceptors (Lipinski definition) is 5. The number of nitrogens with two attached hydrogens (primary N) is 1. The molecule has 3 N–H and O–H groups in total. The molecule has 1 aromatic heterocycles. The predicted molar refractivity (Wildman–Crippen MR) is 95.9 cm³/mol. The van der Waals surface area contributed by atoms with Crippen LogP contribution >= 0.6 is 0 Å². The molecule has 24 heavy (non-hydrogen) atoms. The Morgan fingerprint density at radius 3 is 2.67 bits per heavy atom. The molecule has 1 atom stereocenters. The molecule has 2 aromatic carbocycles. The minimum atomic E-state index is -0.0959. The van der Waals surface area contributed by atoms with Gasteiger partial charge in [-0.15, -0.1) is 0 Å². The second-order valence-electron chi connectivity index (χ2n) is 5.42. The van der Waals surface area contributed by atoms with Gasteiger partial charge in [-0.3, -0.25) is 0 Å². The van der Waals surface area contributed by atoms with Crippen LogP contribution in [0.2, 0.25) is 0 Å². The lowest BCUT2D eigenvalue weighted by atomic mass is 10.1. The standard InChI is InChI=1S/C19H20N4O/c1-24-16-9-5-8-15(10-16)18-11-19(23-13-22-18)21-12-17(20)14-6-3-2-4-7-14/h2-11,13,17H,12,20H2,1H3,(H,21,22,23)/t17-/m0/s1. The number of benzene rings is 2. The van der Waals surface area contributed by atoms with Crippen LogP contribution in [0, 0.1) is 0 Å². The third-order valence-corrected chi connectivity index (χ3v) is 3.76. The number of methoxy groups -OCH3 is 1. The molecular formula is C19H20N4O. The lowest BCUT2D eigenvalue weighted by molar-refractivity contribution is 0.415. The van der Waals surface area contributed by atoms with E-state index in [4.69, 9.17) is 10.5 Å². The van der Waals surface area contributed by atoms with Gasteiger partial charge in [0.1, 0.15) is 17.9 Å². The fourth-order valence-electron chi connectivity index (χ4n) is 2.43. The van der Waals surface area contributed by atoms with Crippen molar-refractivity contribution in [1.82, 2.24) is 9.97 Å². The Hall–Kier alpha value is -2.92. The minimum Gasteiger partial charge on any atom is -0.497 e. The molecule has 3 rings (SSSR count). The van der Waals surface area contributed by atoms with E-state index in [9.17, 15) is 0 Å². The summed E-state index contributed by atoms with van der Waals surface area (Å²) in [6.45, 7) is 0.596. The number of nitrogens with zero attached hydrogens (tertiary/aromatic N) is 2. The monoisotopic (exact) mass is 320 g/mol. The van der Waals surface area contributed by atoms with Crippen molar-refractivity contribution in [1.29, 1.82) is 0 Å². The van der Waals surface area contributed by atoms with Crippen molar-refractivity contribution in [2.75, 3.05) is 19.0 Å². The SMILES string of the molecule is COc1cccc(-c2cc(NC[C@H](N)c3ccccc3)ncn2)c1. The molecule has 3 aromatic rings. The molecule has 0 spiro atoms. The summed E-state index contributed by atoms with van der Waals surface area (Å²) < 4.78 is 5.26. The number of nitrogens with one attached hydrogen (secondary N) is 1. The van der Waals surface area contributed by atoms with Crippen LogP contribution in [0.1, 0.15) is 11.6 Å². The fraction of sp³-hybridized carbons (Fsp3) is 0.158. The van der Waals surface area contributed by atoms with Crippen molar-refractivity contribution in [3.63, 3.8) is 0 Å². The van der Waals surface area contributed by atoms with Crippen LogP contribution in [0.25, 0.3) is 11.3 Å². The summed E-state index contributed by atoms with van der Waals surface area (Å²) in [4.78, 5) is 8.60. The van der Waals surface area contributed by atoms with E-state index >= 15 is 0 Å². The minimum absolute atomic E-state index is 0.0959. The summed E-state index contributed by atoms with van der Waals surface area (Å²) in [7, 11) is 1.65. The van der Waals surface area contributed by atoms with Gasteiger partial charge in [0.05, 0.1) is 12.8 Å². The number of rotatable bonds is 6. The molecule has 0 bridgehead atoms. The molecule has 0 amide bonds. The van der Waals surface area contributed by atoms with Gasteiger partial charge in [0.15, 0.2) is 0 Å². The molecule has 0 aliphatic carbocycles. The smallest absolute Gasteiger partial charge is 0.130 e. The average molecular weight is 320 g/mol. The van der Waals surface area contributed by atoms with Crippen molar-refractivity contribution in [3.05, 3.63) is 72.6 Å². The molecular weight excluding hydrogens is 300 g/mol. The van der Waals surface area contributed by atoms with E-state index < -0.39 is 0 Å². The van der Waals surface area contributed by atoms with E-state index in [1.807, 2.05) is 60.7 Å². The number of ether oxygens (including phenoxy) is 1. The largest absolute Gasteiger partial charge is 0.497 e. The molecule has 0 radical (unpaired) electrons. The van der Waals surface area contributed by atoms with Crippen molar-refractivity contribution in [2.45, 2.75) is 6.04 Å². The fourth-order valence-corrected chi connectivity index (χ4v) is 2.43. The second kappa shape index (κ2) is 7.57. The van der Waals surface area contributed by atoms with Crippen LogP contribution in [0.3, 0.4) is 0 Å². The van der Waals surface area contributed by atoms with E-state index in [1.165, 1.54) is 0 Å². The summed E-state index contributed by atoms with van der Waals surface area (Å²) in [5.41, 5.74) is 9.11. The van der Waals surface area contributed by atoms with E-state index in [1.54, 1.807) is 13.4 Å². The molecule has 0 fully saturated rings. The van der Waals surface area contributed by atoms with Crippen LogP contribution in [0.5, 0.6) is 5.75 Å². The van der Waals surface area contributed by atoms with Crippen molar-refractivity contribution in [2.24, 2.45) is 5.73 Å². The Kier molecular flexibility index (Phi) is 5.03. The highest BCUT2D eigenvalue weighted by molar-refractivity contribution is 5.63. The summed E-state index contributed by atoms with van der Waals surface area (Å²) >= 11 is 0. The normalized spacial score (nSPS) is 11.8. The molecule has 0 aliphatic heterocycles. The third kappa shape index (κ3) is 3.88. The maximum absolute atomic E-state index is 6.21. The van der Waals surface area contributed by atoms with Gasteiger partial charge in [0, 0.05) is 24.2 Å². The Labute approximate surface area is 141 Å². The first-order valence-corrected chi connectivity index (χ1v) is 7.77. The maximum atomic E-state index is 6.21. The van der Waals surface area contributed by atoms with Gasteiger partial charge in [-0.2, -0.15) is 0 Å². The molecule has 5 nitrogen and oxygen atoms in total. The first-order valence-electron chi connectivity index (χ1n) is 7.77. The predicted octanol–water partition coefficient (Wildman–Crippen LogP) is 3.26. The topological polar surface area (TPSA) is 73.1 Å². The molecule has 122 valence electrons. The quantitative estimate of drug-likeness (QED) is 0.729. The zero-order valence-electron chi connectivity index (χ0n) is 13.5. The zero-order chi connectivity index (χ0) is 16.8. The highest BCUT2D eigenvalue weighted by Gasteiger charge is 2.07. The molecule has 0 aliphatic rings. The van der Waals surface area contributed by atoms with Gasteiger partial charge in [-0.05, 0) is 17.7 Å². The molecule has 1 heterocycles. The highest BCUT2D eigenvalue weighted by Crippen LogP contribution is 2.23. The Morgan fingerprint density at radius 2 is 1.88 bits per heavy atom. The number of hydrogen-bond donors (Lipinski definition) is 2. The van der Waals surface area contributed by atoms with Crippen molar-refractivity contribution in [3.8, 4) is 17.0 Å². The van der Waals surface area contributed by atoms with Crippen LogP contribution in [0.4, 0.5) is 5.82 Å². The average Bonchev–Trinajstić information content (AvgIpc) is 2.67.